The van der Waals surface area contributed by atoms with Crippen LogP contribution in [0.5, 0.6) is 23.0 Å². The first kappa shape index (κ1) is 67.5. The molecule has 93 heavy (non-hydrogen) atoms. The van der Waals surface area contributed by atoms with Crippen LogP contribution in [0.4, 0.5) is 0 Å². The summed E-state index contributed by atoms with van der Waals surface area (Å²) in [5.74, 6) is -0.467. The monoisotopic (exact) mass is 1580 g/mol. The zero-order chi connectivity index (χ0) is 66.0. The van der Waals surface area contributed by atoms with Gasteiger partial charge in [-0.1, -0.05) is 130 Å². The second-order valence-corrected chi connectivity index (χ2v) is 32.4. The third-order valence-corrected chi connectivity index (χ3v) is 22.8. The molecule has 482 valence electrons. The summed E-state index contributed by atoms with van der Waals surface area (Å²) in [6.07, 6.45) is -0.438. The number of benzene rings is 8. The zero-order valence-corrected chi connectivity index (χ0v) is 60.2. The molecule has 10 aromatic rings. The second kappa shape index (κ2) is 28.2. The first-order valence-electron chi connectivity index (χ1n) is 29.3. The van der Waals surface area contributed by atoms with Crippen molar-refractivity contribution in [3.05, 3.63) is 267 Å². The lowest BCUT2D eigenvalue weighted by Gasteiger charge is -2.25. The van der Waals surface area contributed by atoms with E-state index in [2.05, 4.69) is 68.6 Å². The molecule has 0 saturated heterocycles. The summed E-state index contributed by atoms with van der Waals surface area (Å²) < 4.78 is 150. The van der Waals surface area contributed by atoms with Crippen molar-refractivity contribution >= 4 is 104 Å². The molecule has 0 amide bonds. The highest BCUT2D eigenvalue weighted by Gasteiger charge is 2.31. The Balaban J connectivity index is 1.14. The molecule has 1 aliphatic carbocycles. The first-order chi connectivity index (χ1) is 44.2. The minimum absolute atomic E-state index is 0.113. The van der Waals surface area contributed by atoms with Gasteiger partial charge < -0.3 is 16.7 Å². The maximum absolute atomic E-state index is 15.0. The standard InChI is InChI=1S/C68H61Br4N5O12S4/c1-44-36-46(3)76(73-44)34-32-75(33-35-77-47(4)37-45(2)74-77)31-30-48-38-55-42-53-12-6-10-51(66(53)87-91(80,81)62-24-16-58(70)17-25-62)40-49-8-5-9-50(65(49)86-90(78,79)61-22-14-57(69)15-23-61)41-52-11-7-13-54(67(52)88-92(82,83)63-26-18-59(71)19-27-63)43-56(39-48)68(55)89-93(84,85)64-28-20-60(72)21-29-64/h5-29,36-39H,30-35,40-43H2,1-4H3. The average Bonchev–Trinajstić information content (AvgIpc) is 1.86. The Morgan fingerprint density at radius 3 is 0.882 bits per heavy atom. The number of hydrogen-bond acceptors (Lipinski definition) is 15. The van der Waals surface area contributed by atoms with Crippen molar-refractivity contribution < 1.29 is 50.4 Å². The Labute approximate surface area is 575 Å². The summed E-state index contributed by atoms with van der Waals surface area (Å²) in [6.45, 7) is 10.8. The quantitative estimate of drug-likeness (QED) is 0.0612. The summed E-state index contributed by atoms with van der Waals surface area (Å²) in [5, 5.41) is 9.50. The largest absolute Gasteiger partial charge is 0.378 e. The molecule has 0 N–H and O–H groups in total. The van der Waals surface area contributed by atoms with Crippen molar-refractivity contribution in [2.45, 2.75) is 92.5 Å². The molecule has 1 aliphatic rings. The molecule has 2 heterocycles. The van der Waals surface area contributed by atoms with Crippen LogP contribution in [0, 0.1) is 27.7 Å². The Kier molecular flexibility index (Phi) is 20.4. The lowest BCUT2D eigenvalue weighted by atomic mass is 9.90. The highest BCUT2D eigenvalue weighted by molar-refractivity contribution is 9.11. The van der Waals surface area contributed by atoms with Crippen molar-refractivity contribution in [1.29, 1.82) is 0 Å². The molecule has 2 aromatic heterocycles. The van der Waals surface area contributed by atoms with E-state index in [1.165, 1.54) is 48.5 Å². The summed E-state index contributed by atoms with van der Waals surface area (Å²) in [7, 11) is -18.6. The van der Waals surface area contributed by atoms with Crippen LogP contribution in [0.15, 0.2) is 213 Å². The summed E-state index contributed by atoms with van der Waals surface area (Å²) in [4.78, 5) is 1.63. The molecule has 8 bridgehead atoms. The third-order valence-electron chi connectivity index (χ3n) is 15.7. The summed E-state index contributed by atoms with van der Waals surface area (Å²) in [5.41, 5.74) is 6.79. The van der Waals surface area contributed by atoms with E-state index in [-0.39, 0.29) is 102 Å². The number of fused-ring (bicyclic) bond motifs is 8. The number of nitrogens with zero attached hydrogens (tertiary/aromatic N) is 5. The van der Waals surface area contributed by atoms with E-state index in [9.17, 15) is 33.7 Å². The Bertz CT molecular complexity index is 4690. The lowest BCUT2D eigenvalue weighted by molar-refractivity contribution is 0.246. The van der Waals surface area contributed by atoms with E-state index < -0.39 is 40.5 Å². The van der Waals surface area contributed by atoms with Gasteiger partial charge in [0, 0.05) is 119 Å². The van der Waals surface area contributed by atoms with Gasteiger partial charge in [-0.2, -0.15) is 43.9 Å². The van der Waals surface area contributed by atoms with Crippen molar-refractivity contribution in [1.82, 2.24) is 24.5 Å². The normalized spacial score (nSPS) is 12.8. The van der Waals surface area contributed by atoms with E-state index in [4.69, 9.17) is 26.9 Å². The van der Waals surface area contributed by atoms with Gasteiger partial charge >= 0.3 is 40.5 Å². The molecule has 25 heteroatoms. The second-order valence-electron chi connectivity index (χ2n) is 22.5. The fraction of sp³-hybridized carbons (Fsp3) is 0.206. The number of rotatable bonds is 21. The van der Waals surface area contributed by atoms with Crippen molar-refractivity contribution in [3.8, 4) is 23.0 Å². The van der Waals surface area contributed by atoms with Gasteiger partial charge in [-0.25, -0.2) is 0 Å². The topological polar surface area (TPSA) is 212 Å². The van der Waals surface area contributed by atoms with E-state index in [0.717, 1.165) is 28.3 Å². The molecule has 0 fully saturated rings. The molecular formula is C68H61Br4N5O12S4. The molecule has 0 spiro atoms. The molecule has 17 nitrogen and oxygen atoms in total. The van der Waals surface area contributed by atoms with Gasteiger partial charge in [-0.15, -0.1) is 0 Å². The highest BCUT2D eigenvalue weighted by atomic mass is 79.9. The van der Waals surface area contributed by atoms with E-state index >= 15 is 0 Å². The fourth-order valence-electron chi connectivity index (χ4n) is 11.2. The Hall–Kier alpha value is -6.94. The van der Waals surface area contributed by atoms with Crippen LogP contribution < -0.4 is 16.7 Å². The van der Waals surface area contributed by atoms with Crippen LogP contribution in [0.2, 0.25) is 0 Å². The van der Waals surface area contributed by atoms with Gasteiger partial charge in [0.15, 0.2) is 0 Å². The molecule has 8 aromatic carbocycles. The number of para-hydroxylation sites is 3. The molecule has 0 unspecified atom stereocenters. The Morgan fingerprint density at radius 2 is 0.624 bits per heavy atom. The number of hydrogen-bond donors (Lipinski definition) is 0. The highest BCUT2D eigenvalue weighted by Crippen LogP contribution is 2.42. The molecule has 11 rings (SSSR count). The zero-order valence-electron chi connectivity index (χ0n) is 50.6. The van der Waals surface area contributed by atoms with Crippen molar-refractivity contribution in [2.24, 2.45) is 0 Å². The van der Waals surface area contributed by atoms with Crippen molar-refractivity contribution in [2.75, 3.05) is 19.6 Å². The van der Waals surface area contributed by atoms with Crippen LogP contribution >= 0.6 is 63.7 Å². The van der Waals surface area contributed by atoms with Gasteiger partial charge in [0.25, 0.3) is 0 Å². The number of aryl methyl sites for hydroxylation is 4. The number of halogens is 4. The van der Waals surface area contributed by atoms with Gasteiger partial charge in [-0.3, -0.25) is 14.3 Å². The van der Waals surface area contributed by atoms with Gasteiger partial charge in [0.2, 0.25) is 0 Å². The lowest BCUT2D eigenvalue weighted by Crippen LogP contribution is -2.33. The third kappa shape index (κ3) is 16.2. The summed E-state index contributed by atoms with van der Waals surface area (Å²) in [6, 6.07) is 46.5. The van der Waals surface area contributed by atoms with Gasteiger partial charge in [-0.05, 0) is 149 Å². The molecule has 0 saturated carbocycles. The maximum Gasteiger partial charge on any atom is 0.339 e. The van der Waals surface area contributed by atoms with Gasteiger partial charge in [0.05, 0.1) is 24.5 Å². The van der Waals surface area contributed by atoms with E-state index in [0.29, 0.717) is 68.2 Å². The SMILES string of the molecule is Cc1cc(C)n(CCN(CCc2cc3c(OS(=O)(=O)c4ccc(Br)cc4)c(c2)Cc2cccc(c2OS(=O)(=O)c2ccc(Br)cc2)Cc2cccc(c2OS(=O)(=O)c2ccc(Br)cc2)Cc2cccc(c2OS(=O)(=O)c2ccc(Br)cc2)C3)CCn2nc(C)cc2C)n1. The Morgan fingerprint density at radius 1 is 0.366 bits per heavy atom. The van der Waals surface area contributed by atoms with Crippen molar-refractivity contribution in [3.63, 3.8) is 0 Å². The molecule has 0 aliphatic heterocycles. The first-order valence-corrected chi connectivity index (χ1v) is 38.1. The molecule has 0 atom stereocenters. The van der Waals surface area contributed by atoms with Crippen LogP contribution in [-0.2, 0) is 85.7 Å². The minimum Gasteiger partial charge on any atom is -0.378 e. The predicted molar refractivity (Wildman–Crippen MR) is 368 cm³/mol. The average molecular weight is 1590 g/mol. The van der Waals surface area contributed by atoms with Crippen LogP contribution in [-0.4, -0.2) is 77.8 Å². The van der Waals surface area contributed by atoms with E-state index in [1.54, 1.807) is 103 Å². The van der Waals surface area contributed by atoms with Gasteiger partial charge in [0.1, 0.15) is 42.6 Å². The predicted octanol–water partition coefficient (Wildman–Crippen LogP) is 14.4. The molecular weight excluding hydrogens is 1530 g/mol. The maximum atomic E-state index is 15.0. The van der Waals surface area contributed by atoms with Crippen LogP contribution in [0.3, 0.4) is 0 Å². The van der Waals surface area contributed by atoms with Crippen LogP contribution in [0.1, 0.15) is 72.8 Å². The molecule has 0 radical (unpaired) electrons. The number of aromatic nitrogens is 4. The van der Waals surface area contributed by atoms with Crippen LogP contribution in [0.25, 0.3) is 0 Å². The fourth-order valence-corrected chi connectivity index (χ4v) is 16.2. The minimum atomic E-state index is -4.69. The smallest absolute Gasteiger partial charge is 0.339 e. The van der Waals surface area contributed by atoms with E-state index in [1.807, 2.05) is 61.3 Å². The summed E-state index contributed by atoms with van der Waals surface area (Å²) >= 11 is 13.6.